The van der Waals surface area contributed by atoms with Crippen LogP contribution in [-0.2, 0) is 6.54 Å². The summed E-state index contributed by atoms with van der Waals surface area (Å²) in [5.41, 5.74) is 8.97. The average Bonchev–Trinajstić information content (AvgIpc) is 2.38. The Labute approximate surface area is 114 Å². The zero-order valence-corrected chi connectivity index (χ0v) is 11.7. The summed E-state index contributed by atoms with van der Waals surface area (Å²) in [7, 11) is 0. The van der Waals surface area contributed by atoms with Gasteiger partial charge in [0.25, 0.3) is 0 Å². The molecule has 0 aliphatic carbocycles. The van der Waals surface area contributed by atoms with E-state index in [0.29, 0.717) is 12.5 Å². The molecule has 1 aromatic carbocycles. The third kappa shape index (κ3) is 3.32. The van der Waals surface area contributed by atoms with E-state index in [0.717, 1.165) is 17.1 Å². The molecule has 2 N–H and O–H groups in total. The summed E-state index contributed by atoms with van der Waals surface area (Å²) in [5, 5.41) is 0. The number of hydrogen-bond acceptors (Lipinski definition) is 3. The predicted octanol–water partition coefficient (Wildman–Crippen LogP) is 3.76. The van der Waals surface area contributed by atoms with E-state index in [4.69, 9.17) is 10.5 Å². The van der Waals surface area contributed by atoms with Gasteiger partial charge in [-0.3, -0.25) is 4.98 Å². The number of aromatic nitrogens is 1. The second-order valence-electron chi connectivity index (χ2n) is 5.03. The van der Waals surface area contributed by atoms with E-state index in [9.17, 15) is 0 Å². The van der Waals surface area contributed by atoms with Gasteiger partial charge in [0.2, 0.25) is 0 Å². The molecule has 100 valence electrons. The van der Waals surface area contributed by atoms with Crippen molar-refractivity contribution >= 4 is 0 Å². The van der Waals surface area contributed by atoms with Crippen molar-refractivity contribution in [3.05, 3.63) is 53.3 Å². The lowest BCUT2D eigenvalue weighted by molar-refractivity contribution is 0.469. The molecule has 0 bridgehead atoms. The molecule has 19 heavy (non-hydrogen) atoms. The lowest BCUT2D eigenvalue weighted by Crippen LogP contribution is -1.99. The van der Waals surface area contributed by atoms with Crippen molar-refractivity contribution in [3.8, 4) is 11.5 Å². The molecule has 1 heterocycles. The quantitative estimate of drug-likeness (QED) is 0.906. The van der Waals surface area contributed by atoms with Crippen LogP contribution in [0.4, 0.5) is 0 Å². The first kappa shape index (κ1) is 13.6. The van der Waals surface area contributed by atoms with Gasteiger partial charge in [0.1, 0.15) is 11.5 Å². The summed E-state index contributed by atoms with van der Waals surface area (Å²) >= 11 is 0. The van der Waals surface area contributed by atoms with Crippen LogP contribution in [0.2, 0.25) is 0 Å². The fraction of sp³-hybridized carbons (Fsp3) is 0.312. The third-order valence-electron chi connectivity index (χ3n) is 3.02. The highest BCUT2D eigenvalue weighted by molar-refractivity contribution is 5.42. The molecule has 3 heteroatoms. The molecule has 0 spiro atoms. The van der Waals surface area contributed by atoms with E-state index in [1.54, 1.807) is 12.4 Å². The summed E-state index contributed by atoms with van der Waals surface area (Å²) in [6, 6.07) is 8.22. The van der Waals surface area contributed by atoms with Gasteiger partial charge in [-0.1, -0.05) is 26.0 Å². The molecule has 0 fully saturated rings. The Hall–Kier alpha value is -1.87. The Kier molecular flexibility index (Phi) is 4.17. The smallest absolute Gasteiger partial charge is 0.146 e. The molecule has 1 aromatic heterocycles. The maximum Gasteiger partial charge on any atom is 0.146 e. The molecular weight excluding hydrogens is 236 g/mol. The SMILES string of the molecule is Cc1ccc(C(C)C)c(Oc2cncc(CN)c2)c1. The van der Waals surface area contributed by atoms with E-state index in [1.807, 2.05) is 6.07 Å². The molecule has 0 aliphatic heterocycles. The number of hydrogen-bond donors (Lipinski definition) is 1. The van der Waals surface area contributed by atoms with E-state index in [2.05, 4.69) is 44.0 Å². The highest BCUT2D eigenvalue weighted by atomic mass is 16.5. The number of nitrogens with two attached hydrogens (primary N) is 1. The lowest BCUT2D eigenvalue weighted by Gasteiger charge is -2.14. The maximum absolute atomic E-state index is 5.98. The number of rotatable bonds is 4. The number of benzene rings is 1. The van der Waals surface area contributed by atoms with Crippen LogP contribution in [0.1, 0.15) is 36.5 Å². The Morgan fingerprint density at radius 2 is 2.00 bits per heavy atom. The third-order valence-corrected chi connectivity index (χ3v) is 3.02. The largest absolute Gasteiger partial charge is 0.455 e. The molecule has 0 atom stereocenters. The minimum Gasteiger partial charge on any atom is -0.455 e. The van der Waals surface area contributed by atoms with Gasteiger partial charge in [-0.25, -0.2) is 0 Å². The molecule has 0 saturated heterocycles. The van der Waals surface area contributed by atoms with E-state index < -0.39 is 0 Å². The minimum atomic E-state index is 0.418. The van der Waals surface area contributed by atoms with Crippen LogP contribution < -0.4 is 10.5 Å². The van der Waals surface area contributed by atoms with Crippen molar-refractivity contribution in [2.75, 3.05) is 0 Å². The van der Waals surface area contributed by atoms with Crippen LogP contribution in [0.5, 0.6) is 11.5 Å². The molecule has 0 amide bonds. The van der Waals surface area contributed by atoms with Gasteiger partial charge in [-0.05, 0) is 41.7 Å². The Morgan fingerprint density at radius 1 is 1.21 bits per heavy atom. The van der Waals surface area contributed by atoms with Crippen LogP contribution >= 0.6 is 0 Å². The Bertz CT molecular complexity index is 564. The number of nitrogens with zero attached hydrogens (tertiary/aromatic N) is 1. The number of aryl methyl sites for hydroxylation is 1. The zero-order chi connectivity index (χ0) is 13.8. The number of pyridine rings is 1. The monoisotopic (exact) mass is 256 g/mol. The van der Waals surface area contributed by atoms with Crippen molar-refractivity contribution < 1.29 is 4.74 Å². The van der Waals surface area contributed by atoms with Crippen LogP contribution in [-0.4, -0.2) is 4.98 Å². The van der Waals surface area contributed by atoms with Crippen LogP contribution in [0.3, 0.4) is 0 Å². The van der Waals surface area contributed by atoms with Crippen LogP contribution in [0.15, 0.2) is 36.7 Å². The average molecular weight is 256 g/mol. The van der Waals surface area contributed by atoms with Gasteiger partial charge < -0.3 is 10.5 Å². The van der Waals surface area contributed by atoms with Gasteiger partial charge in [0.15, 0.2) is 0 Å². The van der Waals surface area contributed by atoms with Crippen LogP contribution in [0, 0.1) is 6.92 Å². The fourth-order valence-electron chi connectivity index (χ4n) is 1.97. The normalized spacial score (nSPS) is 10.8. The summed E-state index contributed by atoms with van der Waals surface area (Å²) < 4.78 is 5.98. The van der Waals surface area contributed by atoms with Crippen LogP contribution in [0.25, 0.3) is 0 Å². The molecule has 2 rings (SSSR count). The van der Waals surface area contributed by atoms with Crippen molar-refractivity contribution in [2.45, 2.75) is 33.2 Å². The molecule has 0 aliphatic rings. The Morgan fingerprint density at radius 3 is 2.68 bits per heavy atom. The predicted molar refractivity (Wildman–Crippen MR) is 77.5 cm³/mol. The fourth-order valence-corrected chi connectivity index (χ4v) is 1.97. The molecule has 0 unspecified atom stereocenters. The summed E-state index contributed by atoms with van der Waals surface area (Å²) in [6.45, 7) is 6.85. The minimum absolute atomic E-state index is 0.418. The first-order valence-electron chi connectivity index (χ1n) is 6.52. The molecule has 2 aromatic rings. The summed E-state index contributed by atoms with van der Waals surface area (Å²) in [6.07, 6.45) is 3.47. The molecule has 0 radical (unpaired) electrons. The second-order valence-corrected chi connectivity index (χ2v) is 5.03. The summed E-state index contributed by atoms with van der Waals surface area (Å²) in [4.78, 5) is 4.14. The standard InChI is InChI=1S/C16H20N2O/c1-11(2)15-5-4-12(3)6-16(15)19-14-7-13(8-17)9-18-10-14/h4-7,9-11H,8,17H2,1-3H3. The molecule has 3 nitrogen and oxygen atoms in total. The maximum atomic E-state index is 5.98. The van der Waals surface area contributed by atoms with Gasteiger partial charge in [0.05, 0.1) is 6.20 Å². The topological polar surface area (TPSA) is 48.1 Å². The number of ether oxygens (including phenoxy) is 1. The first-order chi connectivity index (χ1) is 9.10. The van der Waals surface area contributed by atoms with Crippen molar-refractivity contribution in [1.82, 2.24) is 4.98 Å². The van der Waals surface area contributed by atoms with E-state index in [-0.39, 0.29) is 0 Å². The van der Waals surface area contributed by atoms with Crippen molar-refractivity contribution in [1.29, 1.82) is 0 Å². The highest BCUT2D eigenvalue weighted by Gasteiger charge is 2.09. The summed E-state index contributed by atoms with van der Waals surface area (Å²) in [5.74, 6) is 2.04. The van der Waals surface area contributed by atoms with Gasteiger partial charge in [-0.2, -0.15) is 0 Å². The molecule has 0 saturated carbocycles. The second kappa shape index (κ2) is 5.85. The van der Waals surface area contributed by atoms with E-state index >= 15 is 0 Å². The Balaban J connectivity index is 2.33. The van der Waals surface area contributed by atoms with Crippen molar-refractivity contribution in [3.63, 3.8) is 0 Å². The zero-order valence-electron chi connectivity index (χ0n) is 11.7. The lowest BCUT2D eigenvalue weighted by atomic mass is 10.0. The van der Waals surface area contributed by atoms with E-state index in [1.165, 1.54) is 11.1 Å². The first-order valence-corrected chi connectivity index (χ1v) is 6.52. The van der Waals surface area contributed by atoms with Gasteiger partial charge in [-0.15, -0.1) is 0 Å². The molecular formula is C16H20N2O. The van der Waals surface area contributed by atoms with Gasteiger partial charge >= 0.3 is 0 Å². The van der Waals surface area contributed by atoms with Crippen molar-refractivity contribution in [2.24, 2.45) is 5.73 Å². The highest BCUT2D eigenvalue weighted by Crippen LogP contribution is 2.31. The van der Waals surface area contributed by atoms with Gasteiger partial charge in [0, 0.05) is 12.7 Å².